The summed E-state index contributed by atoms with van der Waals surface area (Å²) in [7, 11) is 0. The summed E-state index contributed by atoms with van der Waals surface area (Å²) in [6.07, 6.45) is 4.72. The number of nitro groups is 1. The zero-order valence-electron chi connectivity index (χ0n) is 11.1. The fraction of sp³-hybridized carbons (Fsp3) is 0.571. The van der Waals surface area contributed by atoms with Crippen LogP contribution in [-0.4, -0.2) is 17.5 Å². The summed E-state index contributed by atoms with van der Waals surface area (Å²) in [5, 5.41) is 10.8. The summed E-state index contributed by atoms with van der Waals surface area (Å²) in [5.74, 6) is 0.309. The van der Waals surface area contributed by atoms with Gasteiger partial charge in [0.2, 0.25) is 0 Å². The van der Waals surface area contributed by atoms with E-state index in [0.717, 1.165) is 24.2 Å². The molecule has 1 aliphatic rings. The van der Waals surface area contributed by atoms with E-state index in [9.17, 15) is 10.1 Å². The minimum atomic E-state index is -0.368. The molecule has 1 heterocycles. The minimum absolute atomic E-state index is 0.115. The molecule has 0 radical (unpaired) electrons. The average Bonchev–Trinajstić information content (AvgIpc) is 2.46. The van der Waals surface area contributed by atoms with E-state index in [0.29, 0.717) is 11.9 Å². The molecule has 4 nitrogen and oxygen atoms in total. The molecule has 1 aromatic rings. The molecule has 1 fully saturated rings. The lowest BCUT2D eigenvalue weighted by molar-refractivity contribution is -0.384. The Balaban J connectivity index is 2.34. The van der Waals surface area contributed by atoms with Crippen LogP contribution in [0.5, 0.6) is 0 Å². The van der Waals surface area contributed by atoms with Crippen LogP contribution >= 0.6 is 11.6 Å². The predicted octanol–water partition coefficient (Wildman–Crippen LogP) is 4.10. The first-order valence-electron chi connectivity index (χ1n) is 6.77. The van der Waals surface area contributed by atoms with Crippen molar-refractivity contribution in [3.05, 3.63) is 33.9 Å². The molecule has 0 N–H and O–H groups in total. The van der Waals surface area contributed by atoms with E-state index in [1.165, 1.54) is 19.3 Å². The lowest BCUT2D eigenvalue weighted by Crippen LogP contribution is -2.39. The standard InChI is InChI=1S/C14H19ClN2O2/c1-2-12-5-3-4-8-16(12)14-7-6-13(17(18)19)9-11(14)10-15/h6-7,9,12H,2-5,8,10H2,1H3. The molecular formula is C14H19ClN2O2. The number of piperidine rings is 1. The second-order valence-corrected chi connectivity index (χ2v) is 5.22. The van der Waals surface area contributed by atoms with E-state index < -0.39 is 0 Å². The van der Waals surface area contributed by atoms with Gasteiger partial charge in [-0.15, -0.1) is 11.6 Å². The van der Waals surface area contributed by atoms with Crippen LogP contribution in [0.2, 0.25) is 0 Å². The lowest BCUT2D eigenvalue weighted by Gasteiger charge is -2.38. The third kappa shape index (κ3) is 3.00. The highest BCUT2D eigenvalue weighted by Gasteiger charge is 2.23. The molecule has 104 valence electrons. The first-order valence-corrected chi connectivity index (χ1v) is 7.30. The van der Waals surface area contributed by atoms with Crippen molar-refractivity contribution >= 4 is 23.0 Å². The van der Waals surface area contributed by atoms with E-state index in [1.807, 2.05) is 6.07 Å². The van der Waals surface area contributed by atoms with Crippen molar-refractivity contribution in [2.75, 3.05) is 11.4 Å². The van der Waals surface area contributed by atoms with Crippen molar-refractivity contribution in [1.82, 2.24) is 0 Å². The van der Waals surface area contributed by atoms with Crippen LogP contribution in [0.25, 0.3) is 0 Å². The van der Waals surface area contributed by atoms with Gasteiger partial charge in [-0.05, 0) is 37.3 Å². The average molecular weight is 283 g/mol. The van der Waals surface area contributed by atoms with Crippen molar-refractivity contribution in [3.8, 4) is 0 Å². The Bertz CT molecular complexity index is 465. The Hall–Kier alpha value is -1.29. The van der Waals surface area contributed by atoms with Gasteiger partial charge in [0.1, 0.15) is 0 Å². The zero-order chi connectivity index (χ0) is 13.8. The largest absolute Gasteiger partial charge is 0.368 e. The first kappa shape index (κ1) is 14.1. The highest BCUT2D eigenvalue weighted by atomic mass is 35.5. The zero-order valence-corrected chi connectivity index (χ0v) is 11.9. The number of nitrogens with zero attached hydrogens (tertiary/aromatic N) is 2. The highest BCUT2D eigenvalue weighted by molar-refractivity contribution is 6.17. The van der Waals surface area contributed by atoms with Crippen LogP contribution in [-0.2, 0) is 5.88 Å². The molecule has 0 aromatic heterocycles. The number of halogens is 1. The Morgan fingerprint density at radius 1 is 1.47 bits per heavy atom. The number of alkyl halides is 1. The normalized spacial score (nSPS) is 19.5. The van der Waals surface area contributed by atoms with E-state index in [1.54, 1.807) is 12.1 Å². The molecule has 1 aromatic carbocycles. The van der Waals surface area contributed by atoms with Crippen LogP contribution in [0.4, 0.5) is 11.4 Å². The Labute approximate surface area is 118 Å². The number of anilines is 1. The minimum Gasteiger partial charge on any atom is -0.368 e. The van der Waals surface area contributed by atoms with Gasteiger partial charge in [-0.25, -0.2) is 0 Å². The van der Waals surface area contributed by atoms with Gasteiger partial charge < -0.3 is 4.90 Å². The molecule has 1 unspecified atom stereocenters. The molecule has 1 atom stereocenters. The van der Waals surface area contributed by atoms with Gasteiger partial charge in [-0.3, -0.25) is 10.1 Å². The van der Waals surface area contributed by atoms with Crippen molar-refractivity contribution < 1.29 is 4.92 Å². The Morgan fingerprint density at radius 2 is 2.26 bits per heavy atom. The van der Waals surface area contributed by atoms with Crippen LogP contribution in [0.1, 0.15) is 38.2 Å². The number of benzene rings is 1. The van der Waals surface area contributed by atoms with E-state index in [-0.39, 0.29) is 10.6 Å². The summed E-state index contributed by atoms with van der Waals surface area (Å²) >= 11 is 5.97. The van der Waals surface area contributed by atoms with Crippen LogP contribution in [0.15, 0.2) is 18.2 Å². The molecule has 0 aliphatic carbocycles. The number of rotatable bonds is 4. The quantitative estimate of drug-likeness (QED) is 0.474. The summed E-state index contributed by atoms with van der Waals surface area (Å²) in [5.41, 5.74) is 2.04. The number of hydrogen-bond acceptors (Lipinski definition) is 3. The molecule has 1 saturated heterocycles. The summed E-state index contributed by atoms with van der Waals surface area (Å²) in [6.45, 7) is 3.20. The molecule has 1 aliphatic heterocycles. The van der Waals surface area contributed by atoms with Gasteiger partial charge in [-0.1, -0.05) is 6.92 Å². The highest BCUT2D eigenvalue weighted by Crippen LogP contribution is 2.32. The van der Waals surface area contributed by atoms with Crippen LogP contribution in [0, 0.1) is 10.1 Å². The summed E-state index contributed by atoms with van der Waals surface area (Å²) < 4.78 is 0. The van der Waals surface area contributed by atoms with Gasteiger partial charge in [-0.2, -0.15) is 0 Å². The topological polar surface area (TPSA) is 46.4 Å². The van der Waals surface area contributed by atoms with E-state index >= 15 is 0 Å². The molecule has 0 amide bonds. The van der Waals surface area contributed by atoms with Gasteiger partial charge in [0.15, 0.2) is 0 Å². The predicted molar refractivity (Wildman–Crippen MR) is 77.9 cm³/mol. The fourth-order valence-corrected chi connectivity index (χ4v) is 3.03. The number of hydrogen-bond donors (Lipinski definition) is 0. The number of nitro benzene ring substituents is 1. The van der Waals surface area contributed by atoms with Crippen molar-refractivity contribution in [2.24, 2.45) is 0 Å². The van der Waals surface area contributed by atoms with Crippen molar-refractivity contribution in [1.29, 1.82) is 0 Å². The van der Waals surface area contributed by atoms with Crippen LogP contribution < -0.4 is 4.90 Å². The number of non-ortho nitro benzene ring substituents is 1. The van der Waals surface area contributed by atoms with Crippen molar-refractivity contribution in [2.45, 2.75) is 44.5 Å². The molecule has 0 saturated carbocycles. The third-order valence-corrected chi connectivity index (χ3v) is 4.11. The van der Waals surface area contributed by atoms with Gasteiger partial charge >= 0.3 is 0 Å². The van der Waals surface area contributed by atoms with E-state index in [4.69, 9.17) is 11.6 Å². The van der Waals surface area contributed by atoms with Gasteiger partial charge in [0.25, 0.3) is 5.69 Å². The molecule has 19 heavy (non-hydrogen) atoms. The monoisotopic (exact) mass is 282 g/mol. The van der Waals surface area contributed by atoms with Crippen molar-refractivity contribution in [3.63, 3.8) is 0 Å². The molecule has 0 bridgehead atoms. The van der Waals surface area contributed by atoms with E-state index in [2.05, 4.69) is 11.8 Å². The maximum Gasteiger partial charge on any atom is 0.269 e. The molecule has 5 heteroatoms. The van der Waals surface area contributed by atoms with Gasteiger partial charge in [0.05, 0.1) is 4.92 Å². The summed E-state index contributed by atoms with van der Waals surface area (Å²) in [4.78, 5) is 12.8. The Morgan fingerprint density at radius 3 is 2.89 bits per heavy atom. The SMILES string of the molecule is CCC1CCCCN1c1ccc([N+](=O)[O-])cc1CCl. The van der Waals surface area contributed by atoms with Gasteiger partial charge in [0, 0.05) is 36.3 Å². The first-order chi connectivity index (χ1) is 9.17. The second-order valence-electron chi connectivity index (χ2n) is 4.96. The maximum absolute atomic E-state index is 10.8. The molecule has 2 rings (SSSR count). The summed E-state index contributed by atoms with van der Waals surface area (Å²) in [6, 6.07) is 5.55. The molecule has 0 spiro atoms. The maximum atomic E-state index is 10.8. The lowest BCUT2D eigenvalue weighted by atomic mass is 9.98. The smallest absolute Gasteiger partial charge is 0.269 e. The van der Waals surface area contributed by atoms with Crippen LogP contribution in [0.3, 0.4) is 0 Å². The third-order valence-electron chi connectivity index (χ3n) is 3.83. The Kier molecular flexibility index (Phi) is 4.64. The second kappa shape index (κ2) is 6.24. The molecular weight excluding hydrogens is 264 g/mol. The fourth-order valence-electron chi connectivity index (χ4n) is 2.81.